The number of pyridine rings is 1. The van der Waals surface area contributed by atoms with Gasteiger partial charge in [-0.05, 0) is 41.3 Å². The van der Waals surface area contributed by atoms with E-state index >= 15 is 0 Å². The van der Waals surface area contributed by atoms with Crippen LogP contribution in [0.1, 0.15) is 19.3 Å². The fourth-order valence-electron chi connectivity index (χ4n) is 1.66. The number of nitrogens with zero attached hydrogens (tertiary/aromatic N) is 1. The molecule has 0 atom stereocenters. The fourth-order valence-corrected chi connectivity index (χ4v) is 3.72. The first-order chi connectivity index (χ1) is 8.32. The number of aromatic nitrogens is 1. The molecule has 0 aromatic carbocycles. The molecule has 0 radical (unpaired) electrons. The van der Waals surface area contributed by atoms with Crippen LogP contribution in [0, 0.1) is 0 Å². The Labute approximate surface area is 119 Å². The zero-order chi connectivity index (χ0) is 13.4. The molecule has 1 heterocycles. The van der Waals surface area contributed by atoms with Crippen molar-refractivity contribution in [3.05, 3.63) is 21.9 Å². The lowest BCUT2D eigenvalue weighted by Gasteiger charge is -2.36. The van der Waals surface area contributed by atoms with E-state index < -0.39 is 15.6 Å². The molecule has 0 aliphatic heterocycles. The van der Waals surface area contributed by atoms with Gasteiger partial charge in [0, 0.05) is 17.2 Å². The van der Waals surface area contributed by atoms with Crippen molar-refractivity contribution in [1.29, 1.82) is 0 Å². The largest absolute Gasteiger partial charge is 0.389 e. The third-order valence-electron chi connectivity index (χ3n) is 2.94. The van der Waals surface area contributed by atoms with Gasteiger partial charge in [0.1, 0.15) is 10.0 Å². The molecule has 100 valence electrons. The smallest absolute Gasteiger partial charge is 0.243 e. The van der Waals surface area contributed by atoms with Crippen LogP contribution in [0.4, 0.5) is 0 Å². The lowest BCUT2D eigenvalue weighted by atomic mass is 9.81. The highest BCUT2D eigenvalue weighted by molar-refractivity contribution is 9.10. The van der Waals surface area contributed by atoms with E-state index in [1.807, 2.05) is 0 Å². The summed E-state index contributed by atoms with van der Waals surface area (Å²) in [4.78, 5) is 3.66. The number of rotatable bonds is 4. The van der Waals surface area contributed by atoms with Crippen molar-refractivity contribution in [2.45, 2.75) is 29.8 Å². The first-order valence-electron chi connectivity index (χ1n) is 5.36. The molecule has 1 aliphatic carbocycles. The topological polar surface area (TPSA) is 79.3 Å². The summed E-state index contributed by atoms with van der Waals surface area (Å²) in [6.45, 7) is -0.00181. The molecule has 18 heavy (non-hydrogen) atoms. The molecule has 1 aliphatic rings. The van der Waals surface area contributed by atoms with Crippen LogP contribution >= 0.6 is 27.5 Å². The number of nitrogens with one attached hydrogen (secondary N) is 1. The minimum absolute atomic E-state index is 0.00181. The average Bonchev–Trinajstić information content (AvgIpc) is 2.27. The van der Waals surface area contributed by atoms with Gasteiger partial charge in [0.2, 0.25) is 10.0 Å². The Morgan fingerprint density at radius 3 is 2.78 bits per heavy atom. The highest BCUT2D eigenvalue weighted by Gasteiger charge is 2.35. The number of aliphatic hydroxyl groups is 1. The monoisotopic (exact) mass is 354 g/mol. The van der Waals surface area contributed by atoms with Crippen molar-refractivity contribution < 1.29 is 13.5 Å². The summed E-state index contributed by atoms with van der Waals surface area (Å²) >= 11 is 8.91. The van der Waals surface area contributed by atoms with Crippen LogP contribution in [-0.2, 0) is 10.0 Å². The van der Waals surface area contributed by atoms with Gasteiger partial charge in [-0.2, -0.15) is 0 Å². The molecule has 0 amide bonds. The van der Waals surface area contributed by atoms with Crippen molar-refractivity contribution >= 4 is 37.6 Å². The molecular weight excluding hydrogens is 344 g/mol. The summed E-state index contributed by atoms with van der Waals surface area (Å²) in [5.74, 6) is 0. The summed E-state index contributed by atoms with van der Waals surface area (Å²) in [7, 11) is -3.76. The summed E-state index contributed by atoms with van der Waals surface area (Å²) < 4.78 is 26.9. The van der Waals surface area contributed by atoms with Crippen molar-refractivity contribution in [3.63, 3.8) is 0 Å². The minimum atomic E-state index is -3.76. The Hall–Kier alpha value is -0.210. The third kappa shape index (κ3) is 3.03. The second kappa shape index (κ2) is 5.05. The highest BCUT2D eigenvalue weighted by atomic mass is 79.9. The number of hydrogen-bond donors (Lipinski definition) is 2. The van der Waals surface area contributed by atoms with E-state index in [4.69, 9.17) is 11.6 Å². The van der Waals surface area contributed by atoms with E-state index in [0.717, 1.165) is 6.42 Å². The van der Waals surface area contributed by atoms with Gasteiger partial charge in [-0.15, -0.1) is 0 Å². The molecule has 2 N–H and O–H groups in total. The molecule has 5 nitrogen and oxygen atoms in total. The maximum atomic E-state index is 12.0. The van der Waals surface area contributed by atoms with E-state index in [0.29, 0.717) is 17.3 Å². The molecule has 2 rings (SSSR count). The second-order valence-electron chi connectivity index (χ2n) is 4.34. The lowest BCUT2D eigenvalue weighted by molar-refractivity contribution is -0.0270. The van der Waals surface area contributed by atoms with E-state index in [1.165, 1.54) is 12.3 Å². The first kappa shape index (κ1) is 14.2. The van der Waals surface area contributed by atoms with Crippen LogP contribution in [0.25, 0.3) is 0 Å². The van der Waals surface area contributed by atoms with Crippen LogP contribution in [0.5, 0.6) is 0 Å². The van der Waals surface area contributed by atoms with Gasteiger partial charge in [-0.3, -0.25) is 0 Å². The molecule has 1 aromatic heterocycles. The van der Waals surface area contributed by atoms with E-state index in [9.17, 15) is 13.5 Å². The molecule has 1 saturated carbocycles. The molecule has 0 saturated heterocycles. The summed E-state index contributed by atoms with van der Waals surface area (Å²) in [5.41, 5.74) is -0.918. The Kier molecular flexibility index (Phi) is 3.99. The molecule has 8 heteroatoms. The quantitative estimate of drug-likeness (QED) is 0.806. The van der Waals surface area contributed by atoms with Crippen LogP contribution in [0.3, 0.4) is 0 Å². The van der Waals surface area contributed by atoms with Gasteiger partial charge < -0.3 is 5.11 Å². The Bertz CT molecular complexity index is 560. The molecular formula is C10H12BrClN2O3S. The van der Waals surface area contributed by atoms with Gasteiger partial charge in [0.15, 0.2) is 0 Å². The number of halogens is 2. The fraction of sp³-hybridized carbons (Fsp3) is 0.500. The summed E-state index contributed by atoms with van der Waals surface area (Å²) in [5, 5.41) is 9.77. The Morgan fingerprint density at radius 1 is 1.56 bits per heavy atom. The number of hydrogen-bond acceptors (Lipinski definition) is 4. The molecule has 0 spiro atoms. The van der Waals surface area contributed by atoms with Crippen LogP contribution in [-0.4, -0.2) is 30.7 Å². The predicted molar refractivity (Wildman–Crippen MR) is 70.9 cm³/mol. The molecule has 0 bridgehead atoms. The van der Waals surface area contributed by atoms with E-state index in [2.05, 4.69) is 25.6 Å². The van der Waals surface area contributed by atoms with Crippen molar-refractivity contribution in [2.24, 2.45) is 0 Å². The van der Waals surface area contributed by atoms with Gasteiger partial charge in [-0.1, -0.05) is 11.6 Å². The molecule has 1 aromatic rings. The van der Waals surface area contributed by atoms with E-state index in [-0.39, 0.29) is 16.6 Å². The average molecular weight is 356 g/mol. The van der Waals surface area contributed by atoms with Gasteiger partial charge in [0.25, 0.3) is 0 Å². The normalized spacial score (nSPS) is 18.4. The SMILES string of the molecule is O=S(=O)(NCC1(O)CCC1)c1cc(Br)cnc1Cl. The lowest BCUT2D eigenvalue weighted by Crippen LogP contribution is -2.47. The zero-order valence-corrected chi connectivity index (χ0v) is 12.5. The van der Waals surface area contributed by atoms with Gasteiger partial charge in [0.05, 0.1) is 5.60 Å². The Balaban J connectivity index is 2.17. The molecule has 1 fully saturated rings. The predicted octanol–water partition coefficient (Wildman–Crippen LogP) is 1.69. The second-order valence-corrected chi connectivity index (χ2v) is 7.35. The minimum Gasteiger partial charge on any atom is -0.389 e. The maximum Gasteiger partial charge on any atom is 0.243 e. The van der Waals surface area contributed by atoms with Gasteiger partial charge >= 0.3 is 0 Å². The third-order valence-corrected chi connectivity index (χ3v) is 5.20. The van der Waals surface area contributed by atoms with Crippen LogP contribution in [0.15, 0.2) is 21.6 Å². The van der Waals surface area contributed by atoms with Crippen molar-refractivity contribution in [1.82, 2.24) is 9.71 Å². The number of sulfonamides is 1. The highest BCUT2D eigenvalue weighted by Crippen LogP contribution is 2.31. The van der Waals surface area contributed by atoms with E-state index in [1.54, 1.807) is 0 Å². The standard InChI is InChI=1S/C10H12BrClN2O3S/c11-7-4-8(9(12)13-5-7)18(16,17)14-6-10(15)2-1-3-10/h4-5,14-15H,1-3,6H2. The van der Waals surface area contributed by atoms with Gasteiger partial charge in [-0.25, -0.2) is 18.1 Å². The van der Waals surface area contributed by atoms with Crippen LogP contribution in [0.2, 0.25) is 5.15 Å². The summed E-state index contributed by atoms with van der Waals surface area (Å²) in [6, 6.07) is 1.38. The van der Waals surface area contributed by atoms with Crippen molar-refractivity contribution in [2.75, 3.05) is 6.54 Å². The zero-order valence-electron chi connectivity index (χ0n) is 9.36. The molecule has 0 unspecified atom stereocenters. The maximum absolute atomic E-state index is 12.0. The van der Waals surface area contributed by atoms with Crippen molar-refractivity contribution in [3.8, 4) is 0 Å². The Morgan fingerprint density at radius 2 is 2.22 bits per heavy atom. The van der Waals surface area contributed by atoms with Crippen LogP contribution < -0.4 is 4.72 Å². The first-order valence-corrected chi connectivity index (χ1v) is 8.01. The summed E-state index contributed by atoms with van der Waals surface area (Å²) in [6.07, 6.45) is 3.55.